The topological polar surface area (TPSA) is 40.6 Å². The van der Waals surface area contributed by atoms with Crippen LogP contribution in [0.5, 0.6) is 0 Å². The molecule has 0 amide bonds. The highest BCUT2D eigenvalue weighted by molar-refractivity contribution is 9.10. The molecule has 1 aliphatic heterocycles. The number of sulfonamides is 1. The van der Waals surface area contributed by atoms with E-state index in [-0.39, 0.29) is 5.25 Å². The fraction of sp³-hybridized carbons (Fsp3) is 0.600. The maximum atomic E-state index is 12.3. The van der Waals surface area contributed by atoms with Gasteiger partial charge < -0.3 is 0 Å². The number of hydrogen-bond acceptors (Lipinski definition) is 3. The first-order valence-corrected chi connectivity index (χ1v) is 9.81. The molecule has 2 fully saturated rings. The second-order valence-corrected chi connectivity index (χ2v) is 9.03. The Morgan fingerprint density at radius 2 is 1.76 bits per heavy atom. The summed E-state index contributed by atoms with van der Waals surface area (Å²) in [6.45, 7) is 3.99. The van der Waals surface area contributed by atoms with Crippen LogP contribution >= 0.6 is 15.9 Å². The van der Waals surface area contributed by atoms with Gasteiger partial charge in [0.25, 0.3) is 0 Å². The summed E-state index contributed by atoms with van der Waals surface area (Å²) in [6.07, 6.45) is 2.62. The molecule has 21 heavy (non-hydrogen) atoms. The van der Waals surface area contributed by atoms with Crippen molar-refractivity contribution >= 4 is 26.0 Å². The van der Waals surface area contributed by atoms with Crippen molar-refractivity contribution in [2.24, 2.45) is 0 Å². The van der Waals surface area contributed by atoms with Gasteiger partial charge in [-0.3, -0.25) is 4.90 Å². The monoisotopic (exact) mass is 372 g/mol. The number of halogens is 1. The highest BCUT2D eigenvalue weighted by atomic mass is 79.9. The summed E-state index contributed by atoms with van der Waals surface area (Å²) in [5, 5.41) is -0.0875. The smallest absolute Gasteiger partial charge is 0.217 e. The lowest BCUT2D eigenvalue weighted by Gasteiger charge is -2.21. The van der Waals surface area contributed by atoms with Gasteiger partial charge in [0.15, 0.2) is 0 Å². The van der Waals surface area contributed by atoms with E-state index in [0.717, 1.165) is 43.4 Å². The molecule has 0 unspecified atom stereocenters. The lowest BCUT2D eigenvalue weighted by atomic mass is 10.2. The molecule has 2 aliphatic rings. The molecule has 1 aromatic carbocycles. The van der Waals surface area contributed by atoms with Gasteiger partial charge in [-0.1, -0.05) is 28.1 Å². The molecule has 0 radical (unpaired) electrons. The van der Waals surface area contributed by atoms with Crippen molar-refractivity contribution in [2.45, 2.75) is 31.1 Å². The highest BCUT2D eigenvalue weighted by Gasteiger charge is 2.40. The molecule has 1 aromatic rings. The standard InChI is InChI=1S/C15H21BrN2O2S/c16-14-4-2-13(3-5-14)12-17-8-1-9-18(11-10-17)21(19,20)15-6-7-15/h2-5,15H,1,6-12H2. The largest absolute Gasteiger partial charge is 0.298 e. The molecule has 6 heteroatoms. The van der Waals surface area contributed by atoms with Gasteiger partial charge in [-0.2, -0.15) is 0 Å². The Hall–Kier alpha value is -0.430. The normalized spacial score (nSPS) is 22.1. The molecule has 1 saturated carbocycles. The zero-order valence-corrected chi connectivity index (χ0v) is 14.4. The SMILES string of the molecule is O=S(=O)(C1CC1)N1CCCN(Cc2ccc(Br)cc2)CC1. The summed E-state index contributed by atoms with van der Waals surface area (Å²) in [4.78, 5) is 2.35. The Kier molecular flexibility index (Phi) is 4.69. The van der Waals surface area contributed by atoms with Gasteiger partial charge in [0.2, 0.25) is 10.0 Å². The summed E-state index contributed by atoms with van der Waals surface area (Å²) in [5.74, 6) is 0. The van der Waals surface area contributed by atoms with E-state index in [1.165, 1.54) is 5.56 Å². The van der Waals surface area contributed by atoms with Crippen LogP contribution in [0.1, 0.15) is 24.8 Å². The molecule has 1 saturated heterocycles. The van der Waals surface area contributed by atoms with Gasteiger partial charge >= 0.3 is 0 Å². The Labute approximate surface area is 135 Å². The van der Waals surface area contributed by atoms with E-state index in [0.29, 0.717) is 13.1 Å². The molecule has 4 nitrogen and oxygen atoms in total. The summed E-state index contributed by atoms with van der Waals surface area (Å²) in [7, 11) is -3.01. The van der Waals surface area contributed by atoms with Crippen LogP contribution < -0.4 is 0 Å². The second-order valence-electron chi connectivity index (χ2n) is 5.90. The van der Waals surface area contributed by atoms with E-state index >= 15 is 0 Å². The first-order chi connectivity index (χ1) is 10.1. The van der Waals surface area contributed by atoms with Crippen molar-refractivity contribution in [3.8, 4) is 0 Å². The number of rotatable bonds is 4. The van der Waals surface area contributed by atoms with Gasteiger partial charge in [0.05, 0.1) is 5.25 Å². The fourth-order valence-electron chi connectivity index (χ4n) is 2.78. The lowest BCUT2D eigenvalue weighted by Crippen LogP contribution is -2.37. The maximum absolute atomic E-state index is 12.3. The van der Waals surface area contributed by atoms with E-state index < -0.39 is 10.0 Å². The minimum absolute atomic E-state index is 0.0875. The molecule has 116 valence electrons. The van der Waals surface area contributed by atoms with Crippen molar-refractivity contribution < 1.29 is 8.42 Å². The van der Waals surface area contributed by atoms with E-state index in [2.05, 4.69) is 45.1 Å². The number of hydrogen-bond donors (Lipinski definition) is 0. The molecular weight excluding hydrogens is 352 g/mol. The molecule has 0 aromatic heterocycles. The van der Waals surface area contributed by atoms with E-state index in [4.69, 9.17) is 0 Å². The van der Waals surface area contributed by atoms with Crippen LogP contribution in [0.15, 0.2) is 28.7 Å². The first-order valence-electron chi connectivity index (χ1n) is 7.51. The number of nitrogens with zero attached hydrogens (tertiary/aromatic N) is 2. The molecule has 1 aliphatic carbocycles. The summed E-state index contributed by atoms with van der Waals surface area (Å²) in [6, 6.07) is 8.34. The second kappa shape index (κ2) is 6.36. The van der Waals surface area contributed by atoms with Gasteiger partial charge in [0.1, 0.15) is 0 Å². The van der Waals surface area contributed by atoms with E-state index in [9.17, 15) is 8.42 Å². The first kappa shape index (κ1) is 15.5. The molecule has 0 N–H and O–H groups in total. The quantitative estimate of drug-likeness (QED) is 0.814. The van der Waals surface area contributed by atoms with Gasteiger partial charge in [-0.05, 0) is 43.5 Å². The average Bonchev–Trinajstić information content (AvgIpc) is 3.27. The van der Waals surface area contributed by atoms with Crippen molar-refractivity contribution in [2.75, 3.05) is 26.2 Å². The maximum Gasteiger partial charge on any atom is 0.217 e. The van der Waals surface area contributed by atoms with Gasteiger partial charge in [-0.15, -0.1) is 0 Å². The third-order valence-electron chi connectivity index (χ3n) is 4.17. The third-order valence-corrected chi connectivity index (χ3v) is 7.10. The van der Waals surface area contributed by atoms with Crippen molar-refractivity contribution in [1.82, 2.24) is 9.21 Å². The van der Waals surface area contributed by atoms with Crippen LogP contribution in [0, 0.1) is 0 Å². The molecule has 1 heterocycles. The van der Waals surface area contributed by atoms with Crippen LogP contribution in [0.4, 0.5) is 0 Å². The van der Waals surface area contributed by atoms with Crippen LogP contribution in [0.2, 0.25) is 0 Å². The Morgan fingerprint density at radius 1 is 1.05 bits per heavy atom. The van der Waals surface area contributed by atoms with Gasteiger partial charge in [-0.25, -0.2) is 12.7 Å². The zero-order chi connectivity index (χ0) is 14.9. The Balaban J connectivity index is 1.59. The molecule has 0 spiro atoms. The minimum atomic E-state index is -3.01. The summed E-state index contributed by atoms with van der Waals surface area (Å²) < 4.78 is 27.4. The average molecular weight is 373 g/mol. The molecule has 0 atom stereocenters. The Morgan fingerprint density at radius 3 is 2.43 bits per heavy atom. The van der Waals surface area contributed by atoms with Crippen LogP contribution in [0.25, 0.3) is 0 Å². The van der Waals surface area contributed by atoms with Gasteiger partial charge in [0, 0.05) is 30.7 Å². The van der Waals surface area contributed by atoms with Crippen molar-refractivity contribution in [3.05, 3.63) is 34.3 Å². The fourth-order valence-corrected chi connectivity index (χ4v) is 4.92. The zero-order valence-electron chi connectivity index (χ0n) is 12.0. The van der Waals surface area contributed by atoms with Crippen LogP contribution in [-0.2, 0) is 16.6 Å². The molecular formula is C15H21BrN2O2S. The molecule has 3 rings (SSSR count). The predicted molar refractivity (Wildman–Crippen MR) is 87.6 cm³/mol. The predicted octanol–water partition coefficient (Wildman–Crippen LogP) is 2.45. The van der Waals surface area contributed by atoms with Crippen LogP contribution in [0.3, 0.4) is 0 Å². The highest BCUT2D eigenvalue weighted by Crippen LogP contribution is 2.31. The summed E-state index contributed by atoms with van der Waals surface area (Å²) in [5.41, 5.74) is 1.27. The Bertz CT molecular complexity index is 584. The van der Waals surface area contributed by atoms with Crippen molar-refractivity contribution in [1.29, 1.82) is 0 Å². The lowest BCUT2D eigenvalue weighted by molar-refractivity contribution is 0.278. The third kappa shape index (κ3) is 3.86. The van der Waals surface area contributed by atoms with Crippen LogP contribution in [-0.4, -0.2) is 49.1 Å². The number of benzene rings is 1. The summed E-state index contributed by atoms with van der Waals surface area (Å²) >= 11 is 3.45. The van der Waals surface area contributed by atoms with E-state index in [1.54, 1.807) is 4.31 Å². The van der Waals surface area contributed by atoms with E-state index in [1.807, 2.05) is 0 Å². The van der Waals surface area contributed by atoms with Crippen molar-refractivity contribution in [3.63, 3.8) is 0 Å². The minimum Gasteiger partial charge on any atom is -0.298 e. The molecule has 0 bridgehead atoms.